The number of amides is 6. The highest BCUT2D eigenvalue weighted by atomic mass is 32.1. The van der Waals surface area contributed by atoms with Crippen LogP contribution in [-0.4, -0.2) is 272 Å². The van der Waals surface area contributed by atoms with Crippen LogP contribution in [-0.2, 0) is 125 Å². The van der Waals surface area contributed by atoms with Gasteiger partial charge in [-0.2, -0.15) is 0 Å². The molecule has 748 valence electrons. The molecule has 12 rings (SSSR count). The van der Waals surface area contributed by atoms with Gasteiger partial charge in [-0.3, -0.25) is 34.4 Å². The maximum absolute atomic E-state index is 12.4. The average molecular weight is 2070 g/mol. The number of carbonyl (C=O) groups is 12. The molecule has 52 heteroatoms. The first-order valence-electron chi connectivity index (χ1n) is 41.9. The Morgan fingerprint density at radius 2 is 0.778 bits per heavy atom. The van der Waals surface area contributed by atoms with Gasteiger partial charge < -0.3 is 95.2 Å². The van der Waals surface area contributed by atoms with E-state index in [-0.39, 0.29) is 90.0 Å². The summed E-state index contributed by atoms with van der Waals surface area (Å²) in [4.78, 5) is 175. The summed E-state index contributed by atoms with van der Waals surface area (Å²) in [6.45, 7) is 32.8. The summed E-state index contributed by atoms with van der Waals surface area (Å²) in [5, 5.41) is 70.1. The van der Waals surface area contributed by atoms with Crippen molar-refractivity contribution in [3.63, 3.8) is 0 Å². The van der Waals surface area contributed by atoms with Gasteiger partial charge in [-0.1, -0.05) is 6.07 Å². The molecule has 6 aromatic rings. The van der Waals surface area contributed by atoms with Crippen LogP contribution in [0.25, 0.3) is 0 Å². The topological polar surface area (TPSA) is 539 Å². The number of rotatable bonds is 14. The second-order valence-corrected chi connectivity index (χ2v) is 41.4. The number of nitrogens with zero attached hydrogens (tertiary/aromatic N) is 12. The number of imidazole rings is 1. The highest BCUT2D eigenvalue weighted by Crippen LogP contribution is 2.45. The van der Waals surface area contributed by atoms with Crippen LogP contribution in [0.4, 0.5) is 28.8 Å². The molecule has 12 heterocycles. The highest BCUT2D eigenvalue weighted by molar-refractivity contribution is 7.12. The molecule has 43 nitrogen and oxygen atoms in total. The maximum atomic E-state index is 12.4. The Bertz CT molecular complexity index is 5090. The Morgan fingerprint density at radius 3 is 1.08 bits per heavy atom. The van der Waals surface area contributed by atoms with Crippen molar-refractivity contribution in [3.8, 4) is 0 Å². The third kappa shape index (κ3) is 29.9. The zero-order chi connectivity index (χ0) is 102. The van der Waals surface area contributed by atoms with Gasteiger partial charge in [-0.25, -0.2) is 77.5 Å². The van der Waals surface area contributed by atoms with E-state index in [1.807, 2.05) is 83.0 Å². The molecule has 12 unspecified atom stereocenters. The first-order chi connectivity index (χ1) is 62.5. The standard InChI is InChI=1S/C15H21N2O5P.C14H22N3O5P.2C14H21N2O5PS.C13H19N2O5PS.C13H18NO6P/c1-14(2,3)21-13(19)17-9-15(20,7-11(17)12(18)22-23)10-5-4-6-16-8-10;1-13(2,3)21-12(19)17-8-14(20,7-9(17)10(18)22-23)11-15-5-6-16(11)4;1-8-6-23-11(15-8)14(19)5-9(10(17)21-22)16(7-14)12(18)20-13(2,3)4;1-7(2)20-13(18)16-6-14(19,5-10(16)11(17)21-22)12-15-8(3)9(4)23-12;1-12(2,3)19-11(17)15-7-13(18,10-14-4-5-22-10)6-8(15)9(16)20-21;1-8(2)19-12(16)14-7-13(17,10-4-3-5-18-10)6-9(14)11(15)20-21/h4-6,8,11,20H,7,9,23H2,1-3H3;5-6,9,20H,7-8,23H2,1-4H3;6,9,19H,5,7,22H2,1-4H3;7,10,19H,5-6,22H2,1-4H3;4-5,8,18H,6-7,21H2,1-3H3;3-5,8-9,17H,6-7,21H2,1-2H3/t11?,15-;2*9?,14-;10?,14-;8?,13-;9?,13-/m000000/s1. The minimum Gasteiger partial charge on any atom is -0.466 e. The van der Waals surface area contributed by atoms with E-state index in [2.05, 4.69) is 52.1 Å². The van der Waals surface area contributed by atoms with Crippen molar-refractivity contribution in [3.05, 3.63) is 121 Å². The van der Waals surface area contributed by atoms with E-state index in [1.54, 1.807) is 177 Å². The molecule has 6 N–H and O–H groups in total. The van der Waals surface area contributed by atoms with E-state index >= 15 is 0 Å². The maximum Gasteiger partial charge on any atom is 0.411 e. The van der Waals surface area contributed by atoms with E-state index in [0.717, 1.165) is 21.2 Å². The molecule has 0 bridgehead atoms. The Morgan fingerprint density at radius 1 is 0.430 bits per heavy atom. The van der Waals surface area contributed by atoms with E-state index in [0.29, 0.717) is 32.2 Å². The average Bonchev–Trinajstić information content (AvgIpc) is 1.62. The van der Waals surface area contributed by atoms with Crippen molar-refractivity contribution < 1.29 is 148 Å². The monoisotopic (exact) mass is 2060 g/mol. The fraction of sp³-hybridized carbons (Fsp3) is 0.602. The number of pyridine rings is 1. The van der Waals surface area contributed by atoms with Crippen LogP contribution < -0.4 is 0 Å². The Kier molecular flexibility index (Phi) is 38.9. The van der Waals surface area contributed by atoms with E-state index < -0.39 is 165 Å². The van der Waals surface area contributed by atoms with Crippen molar-refractivity contribution in [2.24, 2.45) is 7.05 Å². The van der Waals surface area contributed by atoms with Crippen molar-refractivity contribution in [1.82, 2.24) is 58.9 Å². The molecule has 6 aliphatic rings. The lowest BCUT2D eigenvalue weighted by atomic mass is 9.92. The highest BCUT2D eigenvalue weighted by Gasteiger charge is 2.58. The molecule has 0 radical (unpaired) electrons. The van der Waals surface area contributed by atoms with Crippen LogP contribution in [0.1, 0.15) is 198 Å². The molecule has 6 saturated heterocycles. The number of β-amino-alcohol motifs (C(OH)–C–C–N with tert-alkyl or cyclic N) is 6. The van der Waals surface area contributed by atoms with Gasteiger partial charge >= 0.3 is 72.4 Å². The quantitative estimate of drug-likeness (QED) is 0.0436. The molecule has 18 atom stereocenters. The summed E-state index contributed by atoms with van der Waals surface area (Å²) in [5.74, 6) is -3.08. The molecule has 0 saturated carbocycles. The molecule has 0 aliphatic carbocycles. The minimum absolute atomic E-state index is 0.00959. The summed E-state index contributed by atoms with van der Waals surface area (Å²) >= 11 is 3.93. The van der Waals surface area contributed by atoms with Gasteiger partial charge in [0.05, 0.1) is 120 Å². The molecule has 0 aromatic carbocycles. The number of likely N-dealkylation sites (tertiary alicyclic amines) is 6. The number of aryl methyl sites for hydroxylation is 4. The van der Waals surface area contributed by atoms with Gasteiger partial charge in [-0.05, 0) is 150 Å². The number of furan rings is 1. The second kappa shape index (κ2) is 46.4. The summed E-state index contributed by atoms with van der Waals surface area (Å²) in [7, 11) is 12.9. The second-order valence-electron chi connectivity index (χ2n) is 37.1. The normalized spacial score (nSPS) is 24.7. The zero-order valence-electron chi connectivity index (χ0n) is 78.5. The lowest BCUT2D eigenvalue weighted by Crippen LogP contribution is -2.44. The molecule has 6 fully saturated rings. The van der Waals surface area contributed by atoms with Gasteiger partial charge in [0.25, 0.3) is 0 Å². The predicted octanol–water partition coefficient (Wildman–Crippen LogP) is 9.54. The predicted molar refractivity (Wildman–Crippen MR) is 504 cm³/mol. The Balaban J connectivity index is 0.000000221. The van der Waals surface area contributed by atoms with E-state index in [9.17, 15) is 88.2 Å². The van der Waals surface area contributed by atoms with Crippen LogP contribution in [0, 0.1) is 20.8 Å². The molecule has 135 heavy (non-hydrogen) atoms. The summed E-state index contributed by atoms with van der Waals surface area (Å²) in [5.41, 5.74) is -9.11. The van der Waals surface area contributed by atoms with Crippen LogP contribution in [0.5, 0.6) is 0 Å². The van der Waals surface area contributed by atoms with Crippen molar-refractivity contribution in [1.29, 1.82) is 0 Å². The summed E-state index contributed by atoms with van der Waals surface area (Å²) < 4.78 is 66.4. The van der Waals surface area contributed by atoms with Crippen LogP contribution >= 0.6 is 90.8 Å². The van der Waals surface area contributed by atoms with Crippen LogP contribution in [0.3, 0.4) is 0 Å². The van der Waals surface area contributed by atoms with E-state index in [1.165, 1.54) is 71.0 Å². The zero-order valence-corrected chi connectivity index (χ0v) is 87.9. The Hall–Kier alpha value is -8.69. The van der Waals surface area contributed by atoms with Gasteiger partial charge in [0, 0.05) is 103 Å². The molecule has 6 amide bonds. The lowest BCUT2D eigenvalue weighted by Gasteiger charge is -2.27. The van der Waals surface area contributed by atoms with Crippen LogP contribution in [0.15, 0.2) is 76.7 Å². The van der Waals surface area contributed by atoms with Gasteiger partial charge in [0.1, 0.15) is 119 Å². The molecule has 0 spiro atoms. The van der Waals surface area contributed by atoms with Gasteiger partial charge in [0.2, 0.25) is 0 Å². The third-order valence-electron chi connectivity index (χ3n) is 20.7. The first-order valence-corrected chi connectivity index (χ1v) is 47.3. The van der Waals surface area contributed by atoms with Crippen molar-refractivity contribution in [2.75, 3.05) is 39.3 Å². The lowest BCUT2D eigenvalue weighted by molar-refractivity contribution is -0.139. The number of hydrogen-bond donors (Lipinski definition) is 6. The number of thiazole rings is 3. The molecule has 6 aromatic heterocycles. The number of aliphatic hydroxyl groups is 6. The number of hydrogen-bond acceptors (Lipinski definition) is 39. The molecular formula is C83H122N12O31P6S3. The number of carbonyl (C=O) groups excluding carboxylic acids is 12. The number of ether oxygens (including phenoxy) is 6. The van der Waals surface area contributed by atoms with E-state index in [4.69, 9.17) is 32.8 Å². The molecule has 6 aliphatic heterocycles. The van der Waals surface area contributed by atoms with Crippen LogP contribution in [0.2, 0.25) is 0 Å². The number of aromatic nitrogens is 6. The summed E-state index contributed by atoms with van der Waals surface area (Å²) in [6, 6.07) is 1.08. The largest absolute Gasteiger partial charge is 0.466 e. The fourth-order valence-electron chi connectivity index (χ4n) is 14.7. The Labute approximate surface area is 807 Å². The third-order valence-corrected chi connectivity index (χ3v) is 25.5. The van der Waals surface area contributed by atoms with Gasteiger partial charge in [0.15, 0.2) is 0 Å². The minimum atomic E-state index is -1.45. The SMILES string of the molecule is CC(C)(C)OC(=O)N1C[C@](O)(c2cccnc2)CC1C(=O)OP.CC(C)(C)OC(=O)N1C[C@](O)(c2nccs2)CC1C(=O)OP.CC(C)OC(=O)N1C[C@](O)(c2ccco2)CC1C(=O)OP.Cc1csc([C@]2(O)CC(C(=O)OP)N(C(=O)OC(C)(C)C)C2)n1.Cc1nc([C@]2(O)CC(C(=O)OP)N(C(=O)OC(C)C)C2)sc1C.Cn1ccnc1[C@]1(O)CC(C(=O)OP)N(C(=O)OC(C)(C)C)C1. The van der Waals surface area contributed by atoms with Crippen molar-refractivity contribution >= 4 is 163 Å². The van der Waals surface area contributed by atoms with Crippen molar-refractivity contribution in [2.45, 2.75) is 275 Å². The van der Waals surface area contributed by atoms with Gasteiger partial charge in [-0.15, -0.1) is 34.0 Å². The first kappa shape index (κ1) is 113. The smallest absolute Gasteiger partial charge is 0.411 e. The molecular weight excluding hydrogens is 1940 g/mol. The summed E-state index contributed by atoms with van der Waals surface area (Å²) in [6.07, 6.45) is 4.73. The fourth-order valence-corrected chi connectivity index (χ4v) is 18.3.